The molecule has 1 heterocycles. The molecule has 0 aliphatic heterocycles. The fraction of sp³-hybridized carbons (Fsp3) is 0.400. The molecular formula is C10H9ClN4O. The van der Waals surface area contributed by atoms with E-state index < -0.39 is 5.54 Å². The summed E-state index contributed by atoms with van der Waals surface area (Å²) in [4.78, 5) is 19.3. The van der Waals surface area contributed by atoms with Crippen LogP contribution in [0.25, 0.3) is 0 Å². The third-order valence-corrected chi connectivity index (χ3v) is 2.82. The topological polar surface area (TPSA) is 78.7 Å². The minimum absolute atomic E-state index is 0.172. The Morgan fingerprint density at radius 3 is 2.69 bits per heavy atom. The zero-order valence-electron chi connectivity index (χ0n) is 8.40. The Morgan fingerprint density at radius 1 is 1.50 bits per heavy atom. The zero-order valence-corrected chi connectivity index (χ0v) is 9.16. The maximum Gasteiger partial charge on any atom is 0.272 e. The van der Waals surface area contributed by atoms with E-state index in [1.54, 1.807) is 0 Å². The van der Waals surface area contributed by atoms with Crippen LogP contribution in [0.2, 0.25) is 5.15 Å². The second kappa shape index (κ2) is 4.06. The lowest BCUT2D eigenvalue weighted by molar-refractivity contribution is 0.0876. The molecule has 0 bridgehead atoms. The number of nitrogens with zero attached hydrogens (tertiary/aromatic N) is 3. The lowest BCUT2D eigenvalue weighted by Crippen LogP contribution is -2.52. The number of nitrogens with one attached hydrogen (secondary N) is 1. The van der Waals surface area contributed by atoms with Gasteiger partial charge in [-0.2, -0.15) is 5.26 Å². The van der Waals surface area contributed by atoms with Crippen molar-refractivity contribution >= 4 is 17.5 Å². The van der Waals surface area contributed by atoms with Crippen molar-refractivity contribution in [3.05, 3.63) is 23.2 Å². The van der Waals surface area contributed by atoms with Crippen LogP contribution in [0.1, 0.15) is 29.8 Å². The molecule has 2 rings (SSSR count). The summed E-state index contributed by atoms with van der Waals surface area (Å²) in [6.45, 7) is 0. The standard InChI is InChI=1S/C10H9ClN4O/c11-8-5-13-7(4-14-8)9(16)15-10(6-12)2-1-3-10/h4-5H,1-3H2,(H,15,16). The van der Waals surface area contributed by atoms with Crippen molar-refractivity contribution in [3.63, 3.8) is 0 Å². The highest BCUT2D eigenvalue weighted by Crippen LogP contribution is 2.31. The van der Waals surface area contributed by atoms with Crippen LogP contribution in [-0.2, 0) is 0 Å². The van der Waals surface area contributed by atoms with E-state index in [4.69, 9.17) is 16.9 Å². The van der Waals surface area contributed by atoms with E-state index in [0.29, 0.717) is 12.8 Å². The monoisotopic (exact) mass is 236 g/mol. The molecule has 82 valence electrons. The number of rotatable bonds is 2. The predicted molar refractivity (Wildman–Crippen MR) is 56.7 cm³/mol. The highest BCUT2D eigenvalue weighted by atomic mass is 35.5. The van der Waals surface area contributed by atoms with Gasteiger partial charge in [0.25, 0.3) is 5.91 Å². The van der Waals surface area contributed by atoms with Crippen molar-refractivity contribution in [1.29, 1.82) is 5.26 Å². The van der Waals surface area contributed by atoms with Crippen LogP contribution in [0.4, 0.5) is 0 Å². The van der Waals surface area contributed by atoms with Crippen LogP contribution in [0.3, 0.4) is 0 Å². The van der Waals surface area contributed by atoms with E-state index in [2.05, 4.69) is 21.4 Å². The normalized spacial score (nSPS) is 17.0. The van der Waals surface area contributed by atoms with Crippen LogP contribution in [0.15, 0.2) is 12.4 Å². The average Bonchev–Trinajstić information content (AvgIpc) is 2.24. The van der Waals surface area contributed by atoms with Gasteiger partial charge in [-0.25, -0.2) is 9.97 Å². The van der Waals surface area contributed by atoms with Crippen LogP contribution in [0.5, 0.6) is 0 Å². The van der Waals surface area contributed by atoms with Gasteiger partial charge in [0.05, 0.1) is 18.5 Å². The number of carbonyl (C=O) groups is 1. The zero-order chi connectivity index (χ0) is 11.6. The number of aromatic nitrogens is 2. The number of hydrogen-bond acceptors (Lipinski definition) is 4. The average molecular weight is 237 g/mol. The molecule has 1 amide bonds. The summed E-state index contributed by atoms with van der Waals surface area (Å²) in [5, 5.41) is 11.9. The maximum absolute atomic E-state index is 11.7. The SMILES string of the molecule is N#CC1(NC(=O)c2cnc(Cl)cn2)CCC1. The number of halogens is 1. The Balaban J connectivity index is 2.09. The fourth-order valence-corrected chi connectivity index (χ4v) is 1.60. The number of amides is 1. The third-order valence-electron chi connectivity index (χ3n) is 2.63. The van der Waals surface area contributed by atoms with Crippen LogP contribution in [-0.4, -0.2) is 21.4 Å². The molecule has 1 N–H and O–H groups in total. The van der Waals surface area contributed by atoms with Gasteiger partial charge in [-0.05, 0) is 19.3 Å². The summed E-state index contributed by atoms with van der Waals surface area (Å²) in [5.74, 6) is -0.384. The van der Waals surface area contributed by atoms with Crippen molar-refractivity contribution in [1.82, 2.24) is 15.3 Å². The summed E-state index contributed by atoms with van der Waals surface area (Å²) in [5.41, 5.74) is -0.538. The van der Waals surface area contributed by atoms with Gasteiger partial charge >= 0.3 is 0 Å². The Labute approximate surface area is 97.5 Å². The summed E-state index contributed by atoms with van der Waals surface area (Å²) >= 11 is 5.56. The second-order valence-electron chi connectivity index (χ2n) is 3.73. The molecule has 5 nitrogen and oxygen atoms in total. The molecule has 6 heteroatoms. The first-order valence-corrected chi connectivity index (χ1v) is 5.24. The minimum atomic E-state index is -0.710. The molecule has 0 unspecified atom stereocenters. The quantitative estimate of drug-likeness (QED) is 0.840. The van der Waals surface area contributed by atoms with Crippen LogP contribution < -0.4 is 5.32 Å². The minimum Gasteiger partial charge on any atom is -0.332 e. The smallest absolute Gasteiger partial charge is 0.272 e. The number of nitriles is 1. The molecule has 1 aromatic heterocycles. The van der Waals surface area contributed by atoms with Crippen molar-refractivity contribution < 1.29 is 4.79 Å². The van der Waals surface area contributed by atoms with Gasteiger partial charge < -0.3 is 5.32 Å². The first kappa shape index (κ1) is 10.8. The van der Waals surface area contributed by atoms with Gasteiger partial charge in [0.15, 0.2) is 0 Å². The number of hydrogen-bond donors (Lipinski definition) is 1. The van der Waals surface area contributed by atoms with Crippen LogP contribution in [0, 0.1) is 11.3 Å². The molecule has 0 aromatic carbocycles. The molecule has 1 fully saturated rings. The highest BCUT2D eigenvalue weighted by Gasteiger charge is 2.39. The van der Waals surface area contributed by atoms with Crippen LogP contribution >= 0.6 is 11.6 Å². The molecule has 1 aromatic rings. The third kappa shape index (κ3) is 1.97. The van der Waals surface area contributed by atoms with E-state index in [-0.39, 0.29) is 16.8 Å². The van der Waals surface area contributed by atoms with Crippen molar-refractivity contribution in [2.24, 2.45) is 0 Å². The summed E-state index contributed by atoms with van der Waals surface area (Å²) < 4.78 is 0. The molecule has 1 saturated carbocycles. The lowest BCUT2D eigenvalue weighted by Gasteiger charge is -2.35. The Bertz CT molecular complexity index is 447. The molecule has 1 aliphatic rings. The predicted octanol–water partition coefficient (Wildman–Crippen LogP) is 1.31. The molecule has 0 saturated heterocycles. The van der Waals surface area contributed by atoms with Gasteiger partial charge in [0.1, 0.15) is 16.4 Å². The maximum atomic E-state index is 11.7. The molecule has 0 spiro atoms. The molecule has 1 aliphatic carbocycles. The first-order chi connectivity index (χ1) is 7.65. The summed E-state index contributed by atoms with van der Waals surface area (Å²) in [7, 11) is 0. The first-order valence-electron chi connectivity index (χ1n) is 4.86. The molecular weight excluding hydrogens is 228 g/mol. The highest BCUT2D eigenvalue weighted by molar-refractivity contribution is 6.29. The van der Waals surface area contributed by atoms with Gasteiger partial charge in [-0.1, -0.05) is 11.6 Å². The van der Waals surface area contributed by atoms with Crippen molar-refractivity contribution in [3.8, 4) is 6.07 Å². The summed E-state index contributed by atoms with van der Waals surface area (Å²) in [6, 6.07) is 2.12. The van der Waals surface area contributed by atoms with Crippen molar-refractivity contribution in [2.45, 2.75) is 24.8 Å². The van der Waals surface area contributed by atoms with E-state index in [1.165, 1.54) is 12.4 Å². The van der Waals surface area contributed by atoms with E-state index in [0.717, 1.165) is 6.42 Å². The molecule has 16 heavy (non-hydrogen) atoms. The van der Waals surface area contributed by atoms with Gasteiger partial charge in [0, 0.05) is 0 Å². The lowest BCUT2D eigenvalue weighted by atomic mass is 9.78. The Morgan fingerprint density at radius 2 is 2.25 bits per heavy atom. The van der Waals surface area contributed by atoms with E-state index in [1.807, 2.05) is 0 Å². The number of carbonyl (C=O) groups excluding carboxylic acids is 1. The Hall–Kier alpha value is -1.67. The van der Waals surface area contributed by atoms with Gasteiger partial charge in [-0.3, -0.25) is 4.79 Å². The Kier molecular flexibility index (Phi) is 2.75. The summed E-state index contributed by atoms with van der Waals surface area (Å²) in [6.07, 6.45) is 4.93. The fourth-order valence-electron chi connectivity index (χ4n) is 1.51. The van der Waals surface area contributed by atoms with Crippen molar-refractivity contribution in [2.75, 3.05) is 0 Å². The van der Waals surface area contributed by atoms with E-state index in [9.17, 15) is 4.79 Å². The largest absolute Gasteiger partial charge is 0.332 e. The van der Waals surface area contributed by atoms with E-state index >= 15 is 0 Å². The van der Waals surface area contributed by atoms with Gasteiger partial charge in [0.2, 0.25) is 0 Å². The second-order valence-corrected chi connectivity index (χ2v) is 4.11. The van der Waals surface area contributed by atoms with Gasteiger partial charge in [-0.15, -0.1) is 0 Å². The molecule has 0 radical (unpaired) electrons. The molecule has 0 atom stereocenters.